The summed E-state index contributed by atoms with van der Waals surface area (Å²) in [6.07, 6.45) is 0. The number of hydrogen-bond acceptors (Lipinski definition) is 1. The standard InChI is InChI=1S/C8H7ClO.H2/c9-6-8(10)7-4-2-1-3-5-7;/h1-5H,6H2;1H/i;1+1. The summed E-state index contributed by atoms with van der Waals surface area (Å²) in [6, 6.07) is 9.01. The first kappa shape index (κ1) is 7.29. The van der Waals surface area contributed by atoms with E-state index in [1.165, 1.54) is 0 Å². The highest BCUT2D eigenvalue weighted by Crippen LogP contribution is 2.00. The average Bonchev–Trinajstić information content (AvgIpc) is 2.05. The monoisotopic (exact) mass is 157 g/mol. The maximum absolute atomic E-state index is 10.9. The summed E-state index contributed by atoms with van der Waals surface area (Å²) in [5, 5.41) is 0. The molecule has 0 saturated carbocycles. The molecular formula is C8H9ClO. The van der Waals surface area contributed by atoms with Crippen LogP contribution in [0.3, 0.4) is 0 Å². The molecule has 0 fully saturated rings. The van der Waals surface area contributed by atoms with Crippen molar-refractivity contribution in [1.29, 1.82) is 0 Å². The van der Waals surface area contributed by atoms with Crippen molar-refractivity contribution in [2.75, 3.05) is 5.88 Å². The van der Waals surface area contributed by atoms with Crippen LogP contribution in [0.1, 0.15) is 11.8 Å². The second kappa shape index (κ2) is 3.37. The number of benzene rings is 1. The molecule has 54 valence electrons. The topological polar surface area (TPSA) is 17.1 Å². The van der Waals surface area contributed by atoms with Crippen LogP contribution in [0.4, 0.5) is 0 Å². The number of carbonyl (C=O) groups excluding carboxylic acids is 1. The van der Waals surface area contributed by atoms with Crippen LogP contribution in [0.25, 0.3) is 0 Å². The zero-order valence-corrected chi connectivity index (χ0v) is 6.14. The van der Waals surface area contributed by atoms with Gasteiger partial charge in [0.15, 0.2) is 5.78 Å². The van der Waals surface area contributed by atoms with Gasteiger partial charge in [-0.05, 0) is 0 Å². The van der Waals surface area contributed by atoms with Crippen LogP contribution in [0.5, 0.6) is 0 Å². The molecule has 1 nitrogen and oxygen atoms in total. The van der Waals surface area contributed by atoms with Gasteiger partial charge in [-0.25, -0.2) is 0 Å². The van der Waals surface area contributed by atoms with Crippen molar-refractivity contribution >= 4 is 17.4 Å². The number of alkyl halides is 1. The Bertz CT molecular complexity index is 223. The van der Waals surface area contributed by atoms with E-state index in [9.17, 15) is 4.79 Å². The molecule has 0 bridgehead atoms. The largest absolute Gasteiger partial charge is 0.293 e. The van der Waals surface area contributed by atoms with Crippen molar-refractivity contribution in [2.24, 2.45) is 0 Å². The molecule has 0 atom stereocenters. The van der Waals surface area contributed by atoms with Gasteiger partial charge in [0.1, 0.15) is 0 Å². The van der Waals surface area contributed by atoms with Crippen molar-refractivity contribution in [3.63, 3.8) is 0 Å². The van der Waals surface area contributed by atoms with Gasteiger partial charge in [-0.15, -0.1) is 11.6 Å². The van der Waals surface area contributed by atoms with E-state index in [2.05, 4.69) is 0 Å². The first-order chi connectivity index (χ1) is 4.84. The summed E-state index contributed by atoms with van der Waals surface area (Å²) in [7, 11) is 0. The first-order valence-corrected chi connectivity index (χ1v) is 3.52. The molecule has 0 spiro atoms. The minimum absolute atomic E-state index is 0. The zero-order chi connectivity index (χ0) is 7.40. The minimum Gasteiger partial charge on any atom is -0.293 e. The van der Waals surface area contributed by atoms with E-state index < -0.39 is 0 Å². The van der Waals surface area contributed by atoms with Gasteiger partial charge in [0, 0.05) is 6.99 Å². The fraction of sp³-hybridized carbons (Fsp3) is 0.125. The average molecular weight is 158 g/mol. The summed E-state index contributed by atoms with van der Waals surface area (Å²) in [4.78, 5) is 10.9. The third-order valence-electron chi connectivity index (χ3n) is 1.22. The van der Waals surface area contributed by atoms with E-state index in [-0.39, 0.29) is 13.1 Å². The molecule has 0 aliphatic carbocycles. The maximum Gasteiger partial charge on any atom is 0.177 e. The van der Waals surface area contributed by atoms with E-state index in [1.54, 1.807) is 12.1 Å². The van der Waals surface area contributed by atoms with Crippen LogP contribution >= 0.6 is 11.6 Å². The van der Waals surface area contributed by atoms with Gasteiger partial charge in [-0.2, -0.15) is 0 Å². The second-order valence-electron chi connectivity index (χ2n) is 1.92. The Morgan fingerprint density at radius 1 is 1.40 bits per heavy atom. The number of Topliss-reactive ketones (excluding diaryl/α,β-unsaturated/α-hetero) is 1. The summed E-state index contributed by atoms with van der Waals surface area (Å²) in [5.74, 6) is 0.0339. The molecule has 0 unspecified atom stereocenters. The molecule has 0 saturated heterocycles. The van der Waals surface area contributed by atoms with E-state index in [4.69, 9.17) is 11.6 Å². The molecule has 1 aromatic carbocycles. The summed E-state index contributed by atoms with van der Waals surface area (Å²) < 4.78 is 0. The predicted molar refractivity (Wildman–Crippen MR) is 43.6 cm³/mol. The lowest BCUT2D eigenvalue weighted by molar-refractivity contribution is 0.102. The van der Waals surface area contributed by atoms with E-state index >= 15 is 0 Å². The molecule has 1 aromatic rings. The van der Waals surface area contributed by atoms with Crippen LogP contribution in [-0.4, -0.2) is 11.7 Å². The van der Waals surface area contributed by atoms with Crippen molar-refractivity contribution in [2.45, 2.75) is 0 Å². The molecule has 0 amide bonds. The lowest BCUT2D eigenvalue weighted by Crippen LogP contribution is -1.98. The van der Waals surface area contributed by atoms with E-state index in [1.807, 2.05) is 18.2 Å². The lowest BCUT2D eigenvalue weighted by atomic mass is 10.2. The highest BCUT2D eigenvalue weighted by Gasteiger charge is 1.99. The fourth-order valence-electron chi connectivity index (χ4n) is 0.701. The highest BCUT2D eigenvalue weighted by molar-refractivity contribution is 6.30. The minimum atomic E-state index is -0.0257. The van der Waals surface area contributed by atoms with Crippen LogP contribution in [0, 0.1) is 0 Å². The third kappa shape index (κ3) is 1.58. The Hall–Kier alpha value is -0.820. The van der Waals surface area contributed by atoms with Crippen LogP contribution in [0.2, 0.25) is 0 Å². The Kier molecular flexibility index (Phi) is 2.46. The van der Waals surface area contributed by atoms with E-state index in [0.29, 0.717) is 5.56 Å². The SMILES string of the molecule is O=C(CCl)c1ccccc1.[2HH]. The first-order valence-electron chi connectivity index (χ1n) is 2.99. The zero-order valence-electron chi connectivity index (χ0n) is 5.38. The summed E-state index contributed by atoms with van der Waals surface area (Å²) in [5.41, 5.74) is 0.678. The van der Waals surface area contributed by atoms with Gasteiger partial charge >= 0.3 is 0 Å². The van der Waals surface area contributed by atoms with Crippen LogP contribution in [0.15, 0.2) is 30.3 Å². The van der Waals surface area contributed by atoms with Crippen molar-refractivity contribution in [3.8, 4) is 0 Å². The van der Waals surface area contributed by atoms with Gasteiger partial charge in [-0.1, -0.05) is 30.3 Å². The Balaban J connectivity index is 0.000001000. The Morgan fingerprint density at radius 2 is 2.00 bits per heavy atom. The molecule has 0 aromatic heterocycles. The fourth-order valence-corrected chi connectivity index (χ4v) is 0.856. The number of halogens is 1. The predicted octanol–water partition coefficient (Wildman–Crippen LogP) is 2.35. The Labute approximate surface area is 66.1 Å². The third-order valence-corrected chi connectivity index (χ3v) is 1.46. The molecule has 0 heterocycles. The summed E-state index contributed by atoms with van der Waals surface area (Å²) >= 11 is 5.34. The van der Waals surface area contributed by atoms with Gasteiger partial charge < -0.3 is 0 Å². The molecule has 0 aliphatic rings. The molecule has 10 heavy (non-hydrogen) atoms. The van der Waals surface area contributed by atoms with Gasteiger partial charge in [0.25, 0.3) is 0 Å². The molecule has 0 radical (unpaired) electrons. The lowest BCUT2D eigenvalue weighted by Gasteiger charge is -1.92. The molecule has 0 N–H and O–H groups in total. The second-order valence-corrected chi connectivity index (χ2v) is 2.19. The van der Waals surface area contributed by atoms with Crippen molar-refractivity contribution in [3.05, 3.63) is 35.9 Å². The number of ketones is 1. The van der Waals surface area contributed by atoms with Crippen LogP contribution < -0.4 is 0 Å². The van der Waals surface area contributed by atoms with Gasteiger partial charge in [0.2, 0.25) is 0 Å². The van der Waals surface area contributed by atoms with Gasteiger partial charge in [0.05, 0.1) is 5.88 Å². The molecule has 2 heteroatoms. The normalized spacial score (nSPS) is 9.30. The highest BCUT2D eigenvalue weighted by atomic mass is 35.5. The van der Waals surface area contributed by atoms with Gasteiger partial charge in [-0.3, -0.25) is 4.79 Å². The van der Waals surface area contributed by atoms with E-state index in [0.717, 1.165) is 0 Å². The maximum atomic E-state index is 10.9. The summed E-state index contributed by atoms with van der Waals surface area (Å²) in [6.45, 7) is 0. The Morgan fingerprint density at radius 3 is 2.50 bits per heavy atom. The molecule has 1 rings (SSSR count). The van der Waals surface area contributed by atoms with Crippen LogP contribution in [-0.2, 0) is 0 Å². The quantitative estimate of drug-likeness (QED) is 0.476. The molecule has 0 aliphatic heterocycles. The van der Waals surface area contributed by atoms with Crippen molar-refractivity contribution < 1.29 is 6.22 Å². The number of hydrogen-bond donors (Lipinski definition) is 0. The van der Waals surface area contributed by atoms with Crippen molar-refractivity contribution in [1.82, 2.24) is 0 Å². The number of carbonyl (C=O) groups is 1. The number of rotatable bonds is 2. The molecular weight excluding hydrogens is 148 g/mol. The smallest absolute Gasteiger partial charge is 0.177 e.